The first-order valence-corrected chi connectivity index (χ1v) is 7.35. The summed E-state index contributed by atoms with van der Waals surface area (Å²) < 4.78 is 0. The minimum atomic E-state index is 0. The summed E-state index contributed by atoms with van der Waals surface area (Å²) in [7, 11) is 2.17. The number of carbonyl (C=O) groups is 1. The quantitative estimate of drug-likeness (QED) is 0.822. The van der Waals surface area contributed by atoms with Crippen LogP contribution in [0, 0.1) is 11.8 Å². The maximum absolute atomic E-state index is 12.1. The van der Waals surface area contributed by atoms with Crippen LogP contribution in [0.3, 0.4) is 0 Å². The van der Waals surface area contributed by atoms with E-state index in [1.165, 1.54) is 25.9 Å². The lowest BCUT2D eigenvalue weighted by atomic mass is 9.92. The van der Waals surface area contributed by atoms with Crippen LogP contribution < -0.4 is 10.6 Å². The summed E-state index contributed by atoms with van der Waals surface area (Å²) in [5.74, 6) is 1.19. The molecule has 2 atom stereocenters. The van der Waals surface area contributed by atoms with E-state index in [9.17, 15) is 4.79 Å². The van der Waals surface area contributed by atoms with E-state index in [1.807, 2.05) is 0 Å². The first-order valence-electron chi connectivity index (χ1n) is 7.35. The van der Waals surface area contributed by atoms with E-state index in [4.69, 9.17) is 0 Å². The fraction of sp³-hybridized carbons (Fsp3) is 0.929. The lowest BCUT2D eigenvalue weighted by Gasteiger charge is -2.30. The third kappa shape index (κ3) is 5.28. The Morgan fingerprint density at radius 3 is 2.63 bits per heavy atom. The number of carbonyl (C=O) groups excluding carboxylic acids is 1. The molecule has 0 unspecified atom stereocenters. The molecule has 0 aromatic heterocycles. The van der Waals surface area contributed by atoms with Gasteiger partial charge in [0.05, 0.1) is 0 Å². The summed E-state index contributed by atoms with van der Waals surface area (Å²) in [6.45, 7) is 6.37. The second-order valence-electron chi connectivity index (χ2n) is 6.07. The van der Waals surface area contributed by atoms with Gasteiger partial charge < -0.3 is 15.5 Å². The molecule has 4 nitrogen and oxygen atoms in total. The lowest BCUT2D eigenvalue weighted by molar-refractivity contribution is -0.126. The van der Waals surface area contributed by atoms with Gasteiger partial charge in [0.1, 0.15) is 0 Å². The van der Waals surface area contributed by atoms with Crippen molar-refractivity contribution in [3.63, 3.8) is 0 Å². The molecule has 0 bridgehead atoms. The number of hydrogen-bond donors (Lipinski definition) is 2. The van der Waals surface area contributed by atoms with Crippen LogP contribution in [-0.2, 0) is 4.79 Å². The van der Waals surface area contributed by atoms with Gasteiger partial charge in [0.25, 0.3) is 0 Å². The third-order valence-corrected chi connectivity index (χ3v) is 4.40. The van der Waals surface area contributed by atoms with Gasteiger partial charge in [0, 0.05) is 18.5 Å². The molecule has 1 amide bonds. The van der Waals surface area contributed by atoms with Gasteiger partial charge >= 0.3 is 0 Å². The zero-order valence-corrected chi connectivity index (χ0v) is 13.0. The molecule has 5 heteroatoms. The van der Waals surface area contributed by atoms with Crippen molar-refractivity contribution in [1.82, 2.24) is 15.5 Å². The number of piperidine rings is 2. The number of likely N-dealkylation sites (tertiary alicyclic amines) is 1. The van der Waals surface area contributed by atoms with Crippen molar-refractivity contribution in [3.05, 3.63) is 0 Å². The van der Waals surface area contributed by atoms with Gasteiger partial charge in [-0.2, -0.15) is 0 Å². The van der Waals surface area contributed by atoms with Gasteiger partial charge in [0.15, 0.2) is 0 Å². The van der Waals surface area contributed by atoms with Gasteiger partial charge in [-0.05, 0) is 65.2 Å². The van der Waals surface area contributed by atoms with E-state index in [0.717, 1.165) is 25.9 Å². The number of nitrogens with one attached hydrogen (secondary N) is 2. The van der Waals surface area contributed by atoms with Crippen LogP contribution in [0.2, 0.25) is 0 Å². The molecule has 2 rings (SSSR count). The molecule has 2 heterocycles. The average molecular weight is 290 g/mol. The molecule has 2 aliphatic rings. The molecule has 2 fully saturated rings. The molecular formula is C14H28ClN3O. The number of rotatable bonds is 3. The lowest BCUT2D eigenvalue weighted by Crippen LogP contribution is -2.44. The van der Waals surface area contributed by atoms with Crippen LogP contribution in [0.15, 0.2) is 0 Å². The second-order valence-corrected chi connectivity index (χ2v) is 6.07. The van der Waals surface area contributed by atoms with Crippen molar-refractivity contribution >= 4 is 18.3 Å². The Morgan fingerprint density at radius 2 is 2.00 bits per heavy atom. The summed E-state index contributed by atoms with van der Waals surface area (Å²) in [5, 5.41) is 6.56. The van der Waals surface area contributed by atoms with Crippen molar-refractivity contribution in [2.75, 3.05) is 33.2 Å². The smallest absolute Gasteiger partial charge is 0.223 e. The summed E-state index contributed by atoms with van der Waals surface area (Å²) in [6.07, 6.45) is 4.42. The van der Waals surface area contributed by atoms with Crippen LogP contribution in [0.4, 0.5) is 0 Å². The van der Waals surface area contributed by atoms with Crippen molar-refractivity contribution in [2.45, 2.75) is 38.6 Å². The number of amides is 1. The summed E-state index contributed by atoms with van der Waals surface area (Å²) in [6, 6.07) is 0.484. The molecule has 0 spiro atoms. The minimum absolute atomic E-state index is 0. The van der Waals surface area contributed by atoms with Crippen molar-refractivity contribution < 1.29 is 4.79 Å². The van der Waals surface area contributed by atoms with E-state index >= 15 is 0 Å². The second kappa shape index (κ2) is 8.08. The Kier molecular flexibility index (Phi) is 7.11. The summed E-state index contributed by atoms with van der Waals surface area (Å²) in [4.78, 5) is 14.5. The molecule has 2 saturated heterocycles. The zero-order chi connectivity index (χ0) is 13.0. The predicted octanol–water partition coefficient (Wildman–Crippen LogP) is 1.25. The minimum Gasteiger partial charge on any atom is -0.356 e. The SMILES string of the molecule is C[C@H]1C[C@@H](C(=O)NCC2CCN(C)CC2)CCN1.Cl. The molecule has 0 radical (unpaired) electrons. The van der Waals surface area contributed by atoms with Gasteiger partial charge in [-0.3, -0.25) is 4.79 Å². The predicted molar refractivity (Wildman–Crippen MR) is 80.7 cm³/mol. The van der Waals surface area contributed by atoms with E-state index in [-0.39, 0.29) is 24.2 Å². The monoisotopic (exact) mass is 289 g/mol. The van der Waals surface area contributed by atoms with E-state index < -0.39 is 0 Å². The van der Waals surface area contributed by atoms with E-state index in [2.05, 4.69) is 29.5 Å². The molecule has 0 aromatic carbocycles. The fourth-order valence-electron chi connectivity index (χ4n) is 3.03. The highest BCUT2D eigenvalue weighted by Gasteiger charge is 2.25. The normalized spacial score (nSPS) is 29.6. The van der Waals surface area contributed by atoms with Crippen LogP contribution in [0.5, 0.6) is 0 Å². The number of halogens is 1. The highest BCUT2D eigenvalue weighted by molar-refractivity contribution is 5.85. The van der Waals surface area contributed by atoms with Gasteiger partial charge in [-0.15, -0.1) is 12.4 Å². The average Bonchev–Trinajstić information content (AvgIpc) is 2.38. The van der Waals surface area contributed by atoms with Crippen molar-refractivity contribution in [3.8, 4) is 0 Å². The van der Waals surface area contributed by atoms with E-state index in [1.54, 1.807) is 0 Å². The van der Waals surface area contributed by atoms with Crippen LogP contribution >= 0.6 is 12.4 Å². The number of nitrogens with zero attached hydrogens (tertiary/aromatic N) is 1. The summed E-state index contributed by atoms with van der Waals surface area (Å²) >= 11 is 0. The molecule has 19 heavy (non-hydrogen) atoms. The Hall–Kier alpha value is -0.320. The first kappa shape index (κ1) is 16.7. The largest absolute Gasteiger partial charge is 0.356 e. The highest BCUT2D eigenvalue weighted by Crippen LogP contribution is 2.18. The van der Waals surface area contributed by atoms with Crippen molar-refractivity contribution in [2.24, 2.45) is 11.8 Å². The molecule has 2 N–H and O–H groups in total. The summed E-state index contributed by atoms with van der Waals surface area (Å²) in [5.41, 5.74) is 0. The molecule has 2 aliphatic heterocycles. The maximum atomic E-state index is 12.1. The zero-order valence-electron chi connectivity index (χ0n) is 12.2. The van der Waals surface area contributed by atoms with Gasteiger partial charge in [-0.25, -0.2) is 0 Å². The maximum Gasteiger partial charge on any atom is 0.223 e. The fourth-order valence-corrected chi connectivity index (χ4v) is 3.03. The molecule has 0 aromatic rings. The van der Waals surface area contributed by atoms with Crippen LogP contribution in [0.1, 0.15) is 32.6 Å². The van der Waals surface area contributed by atoms with Gasteiger partial charge in [-0.1, -0.05) is 0 Å². The standard InChI is InChI=1S/C14H27N3O.ClH/c1-11-9-13(3-6-15-11)14(18)16-10-12-4-7-17(2)8-5-12;/h11-13,15H,3-10H2,1-2H3,(H,16,18);1H/t11-,13-;/m0./s1. The Bertz CT molecular complexity index is 280. The third-order valence-electron chi connectivity index (χ3n) is 4.40. The first-order chi connectivity index (χ1) is 8.65. The molecule has 0 aliphatic carbocycles. The molecule has 0 saturated carbocycles. The van der Waals surface area contributed by atoms with E-state index in [0.29, 0.717) is 12.0 Å². The van der Waals surface area contributed by atoms with Crippen LogP contribution in [-0.4, -0.2) is 50.1 Å². The Labute approximate surface area is 123 Å². The number of hydrogen-bond acceptors (Lipinski definition) is 3. The Balaban J connectivity index is 0.00000180. The van der Waals surface area contributed by atoms with Crippen LogP contribution in [0.25, 0.3) is 0 Å². The van der Waals surface area contributed by atoms with Crippen molar-refractivity contribution in [1.29, 1.82) is 0 Å². The molecule has 112 valence electrons. The topological polar surface area (TPSA) is 44.4 Å². The van der Waals surface area contributed by atoms with Gasteiger partial charge in [0.2, 0.25) is 5.91 Å². The Morgan fingerprint density at radius 1 is 1.32 bits per heavy atom. The molecular weight excluding hydrogens is 262 g/mol. The highest BCUT2D eigenvalue weighted by atomic mass is 35.5.